The van der Waals surface area contributed by atoms with Crippen LogP contribution in [0.2, 0.25) is 0 Å². The van der Waals surface area contributed by atoms with Crippen LogP contribution in [-0.2, 0) is 4.74 Å². The fraction of sp³-hybridized carbons (Fsp3) is 0.452. The maximum absolute atomic E-state index is 16.5. The molecule has 2 aromatic carbocycles. The van der Waals surface area contributed by atoms with E-state index in [0.717, 1.165) is 44.4 Å². The van der Waals surface area contributed by atoms with Crippen LogP contribution in [0.3, 0.4) is 0 Å². The summed E-state index contributed by atoms with van der Waals surface area (Å²) in [6.45, 7) is 2.42. The lowest BCUT2D eigenvalue weighted by Gasteiger charge is -2.34. The number of anilines is 1. The summed E-state index contributed by atoms with van der Waals surface area (Å²) in [7, 11) is 0. The molecule has 12 heteroatoms. The smallest absolute Gasteiger partial charge is 0.319 e. The van der Waals surface area contributed by atoms with Crippen molar-refractivity contribution in [2.45, 2.75) is 56.0 Å². The van der Waals surface area contributed by atoms with E-state index in [4.69, 9.17) is 14.5 Å². The number of alkyl halides is 1. The van der Waals surface area contributed by atoms with Gasteiger partial charge in [-0.2, -0.15) is 9.97 Å². The van der Waals surface area contributed by atoms with Crippen LogP contribution in [0.5, 0.6) is 11.8 Å². The first kappa shape index (κ1) is 26.8. The van der Waals surface area contributed by atoms with Crippen LogP contribution in [0.1, 0.15) is 32.1 Å². The Morgan fingerprint density at radius 2 is 1.86 bits per heavy atom. The van der Waals surface area contributed by atoms with Crippen molar-refractivity contribution in [3.8, 4) is 23.0 Å². The molecule has 0 aliphatic carbocycles. The number of hydrogen-bond acceptors (Lipinski definition) is 8. The number of rotatable bonds is 5. The largest absolute Gasteiger partial charge is 0.508 e. The first-order valence-electron chi connectivity index (χ1n) is 14.7. The summed E-state index contributed by atoms with van der Waals surface area (Å²) in [6.07, 6.45) is 4.44. The van der Waals surface area contributed by atoms with Crippen molar-refractivity contribution in [1.29, 1.82) is 0 Å². The number of phenolic OH excluding ortho intramolecular Hbond substituents is 1. The topological polar surface area (TPSA) is 83.8 Å². The van der Waals surface area contributed by atoms with E-state index in [1.807, 2.05) is 4.90 Å². The van der Waals surface area contributed by atoms with Crippen molar-refractivity contribution in [3.63, 3.8) is 0 Å². The standard InChI is InChI=1S/C31H29F4N5O3/c32-17-10-31(6-1-7-40(31)12-17)15-42-30-37-28-22(29(38-30)39-13-19-3-4-20(14-39)43-19)11-36-27(26(28)35)21-9-18(41)8-16-2-5-23(33)25(34)24(16)21/h2,5,8-9,11,17,19-20,41H,1,3-4,6-7,10,12-15H2/t17-,19-,20+,31+/m1/s1. The molecule has 2 bridgehead atoms. The fourth-order valence-electron chi connectivity index (χ4n) is 7.52. The van der Waals surface area contributed by atoms with Crippen LogP contribution in [-0.4, -0.2) is 81.7 Å². The summed E-state index contributed by atoms with van der Waals surface area (Å²) >= 11 is 0. The maximum atomic E-state index is 16.5. The van der Waals surface area contributed by atoms with Crippen molar-refractivity contribution in [1.82, 2.24) is 19.9 Å². The molecule has 0 spiro atoms. The molecule has 4 atom stereocenters. The molecule has 2 aromatic heterocycles. The predicted octanol–water partition coefficient (Wildman–Crippen LogP) is 5.29. The van der Waals surface area contributed by atoms with Gasteiger partial charge in [-0.25, -0.2) is 17.6 Å². The van der Waals surface area contributed by atoms with Gasteiger partial charge in [-0.1, -0.05) is 6.07 Å². The number of benzene rings is 2. The second-order valence-corrected chi connectivity index (χ2v) is 12.2. The second-order valence-electron chi connectivity index (χ2n) is 12.2. The lowest BCUT2D eigenvalue weighted by molar-refractivity contribution is 0.0302. The molecule has 6 heterocycles. The predicted molar refractivity (Wildman–Crippen MR) is 150 cm³/mol. The number of aromatic nitrogens is 3. The van der Waals surface area contributed by atoms with Crippen molar-refractivity contribution in [2.24, 2.45) is 0 Å². The van der Waals surface area contributed by atoms with Crippen LogP contribution in [0.4, 0.5) is 23.4 Å². The Kier molecular flexibility index (Phi) is 6.16. The van der Waals surface area contributed by atoms with Gasteiger partial charge in [0.15, 0.2) is 17.5 Å². The van der Waals surface area contributed by atoms with Gasteiger partial charge in [-0.15, -0.1) is 0 Å². The number of nitrogens with zero attached hydrogens (tertiary/aromatic N) is 5. The lowest BCUT2D eigenvalue weighted by Crippen LogP contribution is -2.44. The molecular formula is C31H29F4N5O3. The molecule has 1 N–H and O–H groups in total. The van der Waals surface area contributed by atoms with E-state index >= 15 is 8.78 Å². The van der Waals surface area contributed by atoms with Gasteiger partial charge in [-0.05, 0) is 55.8 Å². The van der Waals surface area contributed by atoms with E-state index in [9.17, 15) is 13.9 Å². The summed E-state index contributed by atoms with van der Waals surface area (Å²) in [5.41, 5.74) is -0.973. The normalized spacial score (nSPS) is 27.0. The zero-order chi connectivity index (χ0) is 29.5. The van der Waals surface area contributed by atoms with E-state index in [0.29, 0.717) is 37.3 Å². The maximum Gasteiger partial charge on any atom is 0.319 e. The number of aromatic hydroxyl groups is 1. The highest BCUT2D eigenvalue weighted by atomic mass is 19.2. The minimum absolute atomic E-state index is 0.0210. The Labute approximate surface area is 244 Å². The summed E-state index contributed by atoms with van der Waals surface area (Å²) in [5.74, 6) is -2.98. The average Bonchev–Trinajstić information content (AvgIpc) is 3.63. The summed E-state index contributed by atoms with van der Waals surface area (Å²) in [4.78, 5) is 17.6. The third-order valence-electron chi connectivity index (χ3n) is 9.46. The third-order valence-corrected chi connectivity index (χ3v) is 9.46. The zero-order valence-corrected chi connectivity index (χ0v) is 23.2. The van der Waals surface area contributed by atoms with Crippen LogP contribution in [0, 0.1) is 17.5 Å². The minimum atomic E-state index is -1.17. The van der Waals surface area contributed by atoms with Gasteiger partial charge in [0.1, 0.15) is 35.6 Å². The van der Waals surface area contributed by atoms with E-state index in [1.54, 1.807) is 0 Å². The molecule has 4 saturated heterocycles. The Hall–Kier alpha value is -3.77. The number of ether oxygens (including phenoxy) is 2. The lowest BCUT2D eigenvalue weighted by atomic mass is 9.95. The molecule has 43 heavy (non-hydrogen) atoms. The van der Waals surface area contributed by atoms with Gasteiger partial charge < -0.3 is 19.5 Å². The molecule has 0 unspecified atom stereocenters. The number of phenols is 1. The van der Waals surface area contributed by atoms with Crippen molar-refractivity contribution in [2.75, 3.05) is 37.7 Å². The Bertz CT molecular complexity index is 1760. The molecular weight excluding hydrogens is 566 g/mol. The quantitative estimate of drug-likeness (QED) is 0.312. The Morgan fingerprint density at radius 1 is 1.05 bits per heavy atom. The van der Waals surface area contributed by atoms with Crippen LogP contribution in [0.25, 0.3) is 32.9 Å². The van der Waals surface area contributed by atoms with Gasteiger partial charge in [0.2, 0.25) is 0 Å². The monoisotopic (exact) mass is 595 g/mol. The summed E-state index contributed by atoms with van der Waals surface area (Å²) in [6, 6.07) is 4.63. The van der Waals surface area contributed by atoms with Crippen LogP contribution >= 0.6 is 0 Å². The van der Waals surface area contributed by atoms with Crippen molar-refractivity contribution < 1.29 is 32.1 Å². The van der Waals surface area contributed by atoms with Crippen LogP contribution in [0.15, 0.2) is 30.5 Å². The summed E-state index contributed by atoms with van der Waals surface area (Å²) in [5, 5.41) is 10.7. The number of hydrogen-bond donors (Lipinski definition) is 1. The molecule has 4 fully saturated rings. The van der Waals surface area contributed by atoms with E-state index in [-0.39, 0.29) is 58.1 Å². The molecule has 8 nitrogen and oxygen atoms in total. The SMILES string of the molecule is Oc1cc(-c2ncc3c(N4C[C@H]5CC[C@@H](C4)O5)nc(OC[C@@]45CCCN4C[C@H](F)C5)nc3c2F)c2c(F)c(F)ccc2c1. The molecule has 0 radical (unpaired) electrons. The molecule has 8 rings (SSSR count). The van der Waals surface area contributed by atoms with Gasteiger partial charge in [0, 0.05) is 43.2 Å². The molecule has 4 aromatic rings. The van der Waals surface area contributed by atoms with Crippen molar-refractivity contribution in [3.05, 3.63) is 47.9 Å². The highest BCUT2D eigenvalue weighted by Gasteiger charge is 2.49. The zero-order valence-electron chi connectivity index (χ0n) is 23.2. The van der Waals surface area contributed by atoms with E-state index < -0.39 is 29.2 Å². The molecule has 4 aliphatic rings. The van der Waals surface area contributed by atoms with Gasteiger partial charge in [-0.3, -0.25) is 9.88 Å². The second kappa shape index (κ2) is 9.88. The minimum Gasteiger partial charge on any atom is -0.508 e. The number of fused-ring (bicyclic) bond motifs is 5. The highest BCUT2D eigenvalue weighted by Crippen LogP contribution is 2.42. The number of morpholine rings is 1. The first-order valence-corrected chi connectivity index (χ1v) is 14.7. The van der Waals surface area contributed by atoms with E-state index in [2.05, 4.69) is 14.9 Å². The van der Waals surface area contributed by atoms with Gasteiger partial charge >= 0.3 is 6.01 Å². The molecule has 224 valence electrons. The number of pyridine rings is 1. The number of halogens is 4. The van der Waals surface area contributed by atoms with E-state index in [1.165, 1.54) is 18.3 Å². The third kappa shape index (κ3) is 4.36. The Balaban J connectivity index is 1.26. The molecule has 4 aliphatic heterocycles. The fourth-order valence-corrected chi connectivity index (χ4v) is 7.52. The Morgan fingerprint density at radius 3 is 2.67 bits per heavy atom. The van der Waals surface area contributed by atoms with Gasteiger partial charge in [0.25, 0.3) is 0 Å². The molecule has 0 amide bonds. The van der Waals surface area contributed by atoms with Crippen LogP contribution < -0.4 is 9.64 Å². The summed E-state index contributed by atoms with van der Waals surface area (Å²) < 4.78 is 72.4. The highest BCUT2D eigenvalue weighted by molar-refractivity contribution is 6.00. The van der Waals surface area contributed by atoms with Crippen molar-refractivity contribution >= 4 is 27.5 Å². The molecule has 0 saturated carbocycles. The van der Waals surface area contributed by atoms with Gasteiger partial charge in [0.05, 0.1) is 23.1 Å². The first-order chi connectivity index (χ1) is 20.8. The average molecular weight is 596 g/mol.